The molecule has 0 aliphatic heterocycles. The van der Waals surface area contributed by atoms with Crippen LogP contribution in [-0.4, -0.2) is 70.6 Å². The normalized spacial score (nSPS) is 11.1. The number of anilines is 4. The summed E-state index contributed by atoms with van der Waals surface area (Å²) in [4.78, 5) is 8.70. The predicted molar refractivity (Wildman–Crippen MR) is 240 cm³/mol. The molecule has 6 nitrogen and oxygen atoms in total. The van der Waals surface area contributed by atoms with Crippen molar-refractivity contribution in [1.29, 1.82) is 0 Å². The summed E-state index contributed by atoms with van der Waals surface area (Å²) >= 11 is 0. The Morgan fingerprint density at radius 2 is 0.611 bits per heavy atom. The van der Waals surface area contributed by atoms with Gasteiger partial charge in [0.1, 0.15) is 11.5 Å². The van der Waals surface area contributed by atoms with Gasteiger partial charge in [0.15, 0.2) is 0 Å². The zero-order valence-electron chi connectivity index (χ0n) is 33.2. The molecule has 0 saturated heterocycles. The van der Waals surface area contributed by atoms with Crippen LogP contribution in [0.4, 0.5) is 22.7 Å². The molecule has 0 saturated carbocycles. The topological polar surface area (TPSA) is 31.4 Å². The van der Waals surface area contributed by atoms with E-state index in [1.54, 1.807) is 14.2 Å². The van der Waals surface area contributed by atoms with Gasteiger partial charge >= 0.3 is 0 Å². The molecule has 6 aromatic rings. The van der Waals surface area contributed by atoms with Gasteiger partial charge in [0, 0.05) is 90.3 Å². The molecule has 6 aromatic carbocycles. The molecule has 0 radical (unpaired) electrons. The lowest BCUT2D eigenvalue weighted by atomic mass is 10.0. The zero-order valence-corrected chi connectivity index (χ0v) is 35.0. The lowest BCUT2D eigenvalue weighted by Crippen LogP contribution is -2.27. The third kappa shape index (κ3) is 8.06. The lowest BCUT2D eigenvalue weighted by molar-refractivity contribution is 0.411. The summed E-state index contributed by atoms with van der Waals surface area (Å²) in [7, 11) is 18.2. The van der Waals surface area contributed by atoms with E-state index in [1.165, 1.54) is 31.8 Å². The molecule has 0 atom stereocenters. The minimum absolute atomic E-state index is 0.817. The van der Waals surface area contributed by atoms with E-state index >= 15 is 0 Å². The number of methoxy groups -OCH3 is 2. The van der Waals surface area contributed by atoms with Crippen molar-refractivity contribution in [3.05, 3.63) is 133 Å². The lowest BCUT2D eigenvalue weighted by Gasteiger charge is -2.29. The van der Waals surface area contributed by atoms with Gasteiger partial charge in [-0.15, -0.1) is 0 Å². The third-order valence-electron chi connectivity index (χ3n) is 9.60. The van der Waals surface area contributed by atoms with E-state index in [1.807, 2.05) is 0 Å². The second-order valence-electron chi connectivity index (χ2n) is 14.0. The molecule has 0 aromatic heterocycles. The quantitative estimate of drug-likeness (QED) is 0.117. The molecular weight excluding hydrogens is 702 g/mol. The fraction of sp³-hybridized carbons (Fsp3) is 0.217. The second-order valence-corrected chi connectivity index (χ2v) is 18.4. The summed E-state index contributed by atoms with van der Waals surface area (Å²) in [6.07, 6.45) is 0. The van der Waals surface area contributed by atoms with E-state index in [4.69, 9.17) is 9.47 Å². The Morgan fingerprint density at radius 1 is 0.352 bits per heavy atom. The number of rotatable bonds is 13. The molecule has 8 heteroatoms. The van der Waals surface area contributed by atoms with Crippen LogP contribution in [0.2, 0.25) is 0 Å². The Balaban J connectivity index is 1.72. The fourth-order valence-corrected chi connectivity index (χ4v) is 11.8. The Hall–Kier alpha value is -5.02. The number of hydrogen-bond donors (Lipinski definition) is 0. The van der Waals surface area contributed by atoms with Crippen molar-refractivity contribution in [2.24, 2.45) is 0 Å². The summed E-state index contributed by atoms with van der Waals surface area (Å²) in [5.41, 5.74) is 6.77. The van der Waals surface area contributed by atoms with E-state index in [0.29, 0.717) is 0 Å². The van der Waals surface area contributed by atoms with Crippen LogP contribution in [0.15, 0.2) is 133 Å². The van der Waals surface area contributed by atoms with Gasteiger partial charge in [-0.2, -0.15) is 0 Å². The third-order valence-corrected chi connectivity index (χ3v) is 14.5. The monoisotopic (exact) mass is 754 g/mol. The maximum absolute atomic E-state index is 6.37. The standard InChI is InChI=1S/C46H52N4O2P2/c1-47(2)33-17-11-21-37(29-33)53(38-22-12-18-34(30-38)48(3)4)43-27-15-25-41(51-9)45(43)46-42(52-10)26-16-28-44(46)54(39-23-13-19-35(31-39)49(5)6)40-24-14-20-36(32-40)50(7)8/h11-32H,1-10H3. The van der Waals surface area contributed by atoms with Crippen LogP contribution < -0.4 is 60.9 Å². The number of benzene rings is 6. The van der Waals surface area contributed by atoms with Crippen LogP contribution in [0.25, 0.3) is 11.1 Å². The number of nitrogens with zero attached hydrogens (tertiary/aromatic N) is 4. The summed E-state index contributed by atoms with van der Waals surface area (Å²) in [6, 6.07) is 48.9. The smallest absolute Gasteiger partial charge is 0.127 e. The van der Waals surface area contributed by atoms with Crippen molar-refractivity contribution in [3.8, 4) is 22.6 Å². The summed E-state index contributed by atoms with van der Waals surface area (Å²) in [5, 5.41) is 7.47. The first-order valence-electron chi connectivity index (χ1n) is 18.1. The van der Waals surface area contributed by atoms with Crippen LogP contribution in [0.3, 0.4) is 0 Å². The minimum Gasteiger partial charge on any atom is -0.496 e. The first kappa shape index (κ1) is 38.7. The van der Waals surface area contributed by atoms with Crippen LogP contribution in [0.1, 0.15) is 0 Å². The van der Waals surface area contributed by atoms with Gasteiger partial charge in [-0.1, -0.05) is 72.8 Å². The van der Waals surface area contributed by atoms with E-state index in [-0.39, 0.29) is 0 Å². The molecule has 54 heavy (non-hydrogen) atoms. The number of ether oxygens (including phenoxy) is 2. The molecule has 6 rings (SSSR count). The van der Waals surface area contributed by atoms with Crippen molar-refractivity contribution >= 4 is 70.4 Å². The van der Waals surface area contributed by atoms with Gasteiger partial charge in [-0.25, -0.2) is 0 Å². The first-order chi connectivity index (χ1) is 26.0. The Morgan fingerprint density at radius 3 is 0.852 bits per heavy atom. The van der Waals surface area contributed by atoms with Crippen molar-refractivity contribution in [1.82, 2.24) is 0 Å². The second kappa shape index (κ2) is 17.0. The summed E-state index contributed by atoms with van der Waals surface area (Å²) in [5.74, 6) is 1.63. The average Bonchev–Trinajstić information content (AvgIpc) is 3.18. The Kier molecular flexibility index (Phi) is 12.2. The van der Waals surface area contributed by atoms with Crippen molar-refractivity contribution in [2.45, 2.75) is 0 Å². The molecule has 0 bridgehead atoms. The maximum atomic E-state index is 6.37. The van der Waals surface area contributed by atoms with Crippen molar-refractivity contribution < 1.29 is 9.47 Å². The molecule has 0 N–H and O–H groups in total. The Bertz CT molecular complexity index is 1960. The Labute approximate surface area is 325 Å². The molecule has 0 aliphatic carbocycles. The van der Waals surface area contributed by atoms with Gasteiger partial charge in [0.2, 0.25) is 0 Å². The van der Waals surface area contributed by atoms with Crippen molar-refractivity contribution in [3.63, 3.8) is 0 Å². The van der Waals surface area contributed by atoms with E-state index < -0.39 is 15.8 Å². The first-order valence-corrected chi connectivity index (χ1v) is 20.7. The zero-order chi connectivity index (χ0) is 38.5. The highest BCUT2D eigenvalue weighted by molar-refractivity contribution is 7.80. The maximum Gasteiger partial charge on any atom is 0.127 e. The average molecular weight is 755 g/mol. The minimum atomic E-state index is -1.07. The molecule has 0 spiro atoms. The summed E-state index contributed by atoms with van der Waals surface area (Å²) < 4.78 is 12.7. The van der Waals surface area contributed by atoms with Crippen LogP contribution in [0, 0.1) is 0 Å². The molecule has 0 fully saturated rings. The van der Waals surface area contributed by atoms with Crippen LogP contribution >= 0.6 is 15.8 Å². The molecule has 0 unspecified atom stereocenters. The van der Waals surface area contributed by atoms with E-state index in [9.17, 15) is 0 Å². The van der Waals surface area contributed by atoms with Crippen LogP contribution in [-0.2, 0) is 0 Å². The number of hydrogen-bond acceptors (Lipinski definition) is 6. The van der Waals surface area contributed by atoms with Crippen molar-refractivity contribution in [2.75, 3.05) is 90.2 Å². The molecule has 278 valence electrons. The van der Waals surface area contributed by atoms with Crippen LogP contribution in [0.5, 0.6) is 11.5 Å². The van der Waals surface area contributed by atoms with E-state index in [0.717, 1.165) is 45.4 Å². The van der Waals surface area contributed by atoms with Gasteiger partial charge in [-0.3, -0.25) is 0 Å². The molecule has 0 aliphatic rings. The highest BCUT2D eigenvalue weighted by atomic mass is 31.1. The van der Waals surface area contributed by atoms with Gasteiger partial charge < -0.3 is 29.1 Å². The van der Waals surface area contributed by atoms with E-state index in [2.05, 4.69) is 209 Å². The van der Waals surface area contributed by atoms with Gasteiger partial charge in [-0.05, 0) is 108 Å². The predicted octanol–water partition coefficient (Wildman–Crippen LogP) is 7.15. The fourth-order valence-electron chi connectivity index (χ4n) is 6.75. The largest absolute Gasteiger partial charge is 0.496 e. The highest BCUT2D eigenvalue weighted by Gasteiger charge is 2.30. The molecule has 0 heterocycles. The summed E-state index contributed by atoms with van der Waals surface area (Å²) in [6.45, 7) is 0. The van der Waals surface area contributed by atoms with Gasteiger partial charge in [0.05, 0.1) is 14.2 Å². The molecule has 0 amide bonds. The molecular formula is C46H52N4O2P2. The highest BCUT2D eigenvalue weighted by Crippen LogP contribution is 2.47. The van der Waals surface area contributed by atoms with Gasteiger partial charge in [0.25, 0.3) is 0 Å². The SMILES string of the molecule is COc1cccc(P(c2cccc(N(C)C)c2)c2cccc(N(C)C)c2)c1-c1c(OC)cccc1P(c1cccc(N(C)C)c1)c1cccc(N(C)C)c1.